The average molecular weight is 413 g/mol. The first-order chi connectivity index (χ1) is 13.5. The van der Waals surface area contributed by atoms with E-state index in [1.807, 2.05) is 44.2 Å². The molecule has 4 aromatic rings. The maximum Gasteiger partial charge on any atom is 0.262 e. The van der Waals surface area contributed by atoms with Crippen molar-refractivity contribution in [3.8, 4) is 11.5 Å². The number of hydrogen-bond acceptors (Lipinski definition) is 6. The van der Waals surface area contributed by atoms with E-state index in [1.54, 1.807) is 22.8 Å². The highest BCUT2D eigenvalue weighted by atomic mass is 35.5. The molecule has 2 aromatic heterocycles. The maximum atomic E-state index is 12.9. The van der Waals surface area contributed by atoms with Crippen LogP contribution in [0.1, 0.15) is 25.8 Å². The van der Waals surface area contributed by atoms with E-state index in [0.717, 1.165) is 5.56 Å². The Bertz CT molecular complexity index is 1190. The molecule has 0 atom stereocenters. The lowest BCUT2D eigenvalue weighted by Crippen LogP contribution is -2.25. The van der Waals surface area contributed by atoms with Gasteiger partial charge in [0.1, 0.15) is 0 Å². The summed E-state index contributed by atoms with van der Waals surface area (Å²) in [4.78, 5) is 17.5. The van der Waals surface area contributed by atoms with Crippen LogP contribution in [-0.4, -0.2) is 19.7 Å². The first kappa shape index (κ1) is 18.7. The molecule has 0 radical (unpaired) electrons. The Hall–Kier alpha value is -2.64. The lowest BCUT2D eigenvalue weighted by Gasteiger charge is -2.15. The number of benzene rings is 2. The van der Waals surface area contributed by atoms with E-state index >= 15 is 0 Å². The van der Waals surface area contributed by atoms with Crippen LogP contribution in [-0.2, 0) is 5.75 Å². The van der Waals surface area contributed by atoms with Crippen molar-refractivity contribution in [2.24, 2.45) is 0 Å². The van der Waals surface area contributed by atoms with E-state index in [4.69, 9.17) is 16.0 Å². The highest BCUT2D eigenvalue weighted by molar-refractivity contribution is 7.98. The Morgan fingerprint density at radius 2 is 1.86 bits per heavy atom. The van der Waals surface area contributed by atoms with Gasteiger partial charge in [-0.25, -0.2) is 4.98 Å². The summed E-state index contributed by atoms with van der Waals surface area (Å²) in [5.74, 6) is 1.31. The Kier molecular flexibility index (Phi) is 5.19. The number of para-hydroxylation sites is 1. The van der Waals surface area contributed by atoms with Gasteiger partial charge in [0.15, 0.2) is 5.16 Å². The van der Waals surface area contributed by atoms with Gasteiger partial charge in [0, 0.05) is 16.6 Å². The molecule has 0 fully saturated rings. The fourth-order valence-corrected chi connectivity index (χ4v) is 3.92. The van der Waals surface area contributed by atoms with Gasteiger partial charge in [-0.05, 0) is 50.2 Å². The summed E-state index contributed by atoms with van der Waals surface area (Å²) in [7, 11) is 0. The molecule has 4 rings (SSSR count). The van der Waals surface area contributed by atoms with E-state index in [2.05, 4.69) is 15.2 Å². The predicted molar refractivity (Wildman–Crippen MR) is 111 cm³/mol. The second-order valence-corrected chi connectivity index (χ2v) is 7.86. The van der Waals surface area contributed by atoms with Crippen LogP contribution in [0.5, 0.6) is 0 Å². The summed E-state index contributed by atoms with van der Waals surface area (Å²) < 4.78 is 7.45. The van der Waals surface area contributed by atoms with Gasteiger partial charge in [0.05, 0.1) is 16.7 Å². The van der Waals surface area contributed by atoms with Gasteiger partial charge < -0.3 is 4.42 Å². The molecular weight excluding hydrogens is 396 g/mol. The third-order valence-electron chi connectivity index (χ3n) is 4.17. The van der Waals surface area contributed by atoms with Crippen molar-refractivity contribution in [1.29, 1.82) is 0 Å². The van der Waals surface area contributed by atoms with Crippen molar-refractivity contribution in [3.05, 3.63) is 69.8 Å². The molecule has 2 aromatic carbocycles. The van der Waals surface area contributed by atoms with E-state index in [0.29, 0.717) is 38.6 Å². The number of rotatable bonds is 5. The zero-order valence-electron chi connectivity index (χ0n) is 15.3. The molecule has 28 heavy (non-hydrogen) atoms. The normalized spacial score (nSPS) is 11.4. The molecule has 8 heteroatoms. The zero-order chi connectivity index (χ0) is 19.7. The highest BCUT2D eigenvalue weighted by Crippen LogP contribution is 2.26. The van der Waals surface area contributed by atoms with Crippen molar-refractivity contribution < 1.29 is 4.42 Å². The quantitative estimate of drug-likeness (QED) is 0.340. The number of thioether (sulfide) groups is 1. The van der Waals surface area contributed by atoms with Gasteiger partial charge in [-0.2, -0.15) is 0 Å². The number of nitrogens with zero attached hydrogens (tertiary/aromatic N) is 4. The second-order valence-electron chi connectivity index (χ2n) is 6.48. The fourth-order valence-electron chi connectivity index (χ4n) is 2.83. The van der Waals surface area contributed by atoms with E-state index in [1.165, 1.54) is 11.8 Å². The van der Waals surface area contributed by atoms with Crippen molar-refractivity contribution in [3.63, 3.8) is 0 Å². The van der Waals surface area contributed by atoms with Gasteiger partial charge in [-0.15, -0.1) is 10.2 Å². The second kappa shape index (κ2) is 7.77. The van der Waals surface area contributed by atoms with Crippen LogP contribution in [0.2, 0.25) is 5.02 Å². The topological polar surface area (TPSA) is 73.8 Å². The molecule has 0 spiro atoms. The van der Waals surface area contributed by atoms with Crippen LogP contribution in [0.15, 0.2) is 62.9 Å². The predicted octanol–water partition coefficient (Wildman–Crippen LogP) is 4.97. The maximum absolute atomic E-state index is 12.9. The lowest BCUT2D eigenvalue weighted by atomic mass is 10.2. The fraction of sp³-hybridized carbons (Fsp3) is 0.200. The molecular formula is C20H17ClN4O2S. The molecule has 2 heterocycles. The van der Waals surface area contributed by atoms with Crippen LogP contribution in [0.3, 0.4) is 0 Å². The zero-order valence-corrected chi connectivity index (χ0v) is 16.9. The van der Waals surface area contributed by atoms with E-state index in [9.17, 15) is 4.79 Å². The Morgan fingerprint density at radius 3 is 2.61 bits per heavy atom. The summed E-state index contributed by atoms with van der Waals surface area (Å²) >= 11 is 7.31. The van der Waals surface area contributed by atoms with Crippen molar-refractivity contribution >= 4 is 34.3 Å². The Balaban J connectivity index is 1.62. The van der Waals surface area contributed by atoms with Crippen LogP contribution >= 0.6 is 23.4 Å². The SMILES string of the molecule is CC(C)n1c(SCc2nnc(-c3ccc(Cl)cc3)o2)nc2ccccc2c1=O. The summed E-state index contributed by atoms with van der Waals surface area (Å²) in [5, 5.41) is 10.1. The number of fused-ring (bicyclic) bond motifs is 1. The molecule has 0 amide bonds. The number of halogens is 1. The van der Waals surface area contributed by atoms with Crippen molar-refractivity contribution in [2.45, 2.75) is 30.8 Å². The monoisotopic (exact) mass is 412 g/mol. The molecule has 0 unspecified atom stereocenters. The first-order valence-electron chi connectivity index (χ1n) is 8.75. The summed E-state index contributed by atoms with van der Waals surface area (Å²) in [6, 6.07) is 14.6. The first-order valence-corrected chi connectivity index (χ1v) is 10.1. The Morgan fingerprint density at radius 1 is 1.11 bits per heavy atom. The van der Waals surface area contributed by atoms with Crippen molar-refractivity contribution in [1.82, 2.24) is 19.7 Å². The van der Waals surface area contributed by atoms with Gasteiger partial charge in [-0.3, -0.25) is 9.36 Å². The summed E-state index contributed by atoms with van der Waals surface area (Å²) in [6.07, 6.45) is 0. The van der Waals surface area contributed by atoms with Gasteiger partial charge in [0.2, 0.25) is 11.8 Å². The largest absolute Gasteiger partial charge is 0.420 e. The molecule has 0 saturated heterocycles. The van der Waals surface area contributed by atoms with Crippen LogP contribution in [0, 0.1) is 0 Å². The van der Waals surface area contributed by atoms with Crippen molar-refractivity contribution in [2.75, 3.05) is 0 Å². The standard InChI is InChI=1S/C20H17ClN4O2S/c1-12(2)25-19(26)15-5-3-4-6-16(15)22-20(25)28-11-17-23-24-18(27-17)13-7-9-14(21)10-8-13/h3-10,12H,11H2,1-2H3. The third-order valence-corrected chi connectivity index (χ3v) is 5.36. The molecule has 0 aliphatic rings. The average Bonchev–Trinajstić information content (AvgIpc) is 3.16. The summed E-state index contributed by atoms with van der Waals surface area (Å²) in [6.45, 7) is 3.93. The Labute approximate surface area is 170 Å². The summed E-state index contributed by atoms with van der Waals surface area (Å²) in [5.41, 5.74) is 1.44. The minimum absolute atomic E-state index is 0.0144. The molecule has 0 aliphatic heterocycles. The van der Waals surface area contributed by atoms with Crippen LogP contribution in [0.4, 0.5) is 0 Å². The minimum atomic E-state index is -0.0458. The molecule has 142 valence electrons. The molecule has 0 aliphatic carbocycles. The molecule has 0 N–H and O–H groups in total. The molecule has 0 saturated carbocycles. The van der Waals surface area contributed by atoms with Crippen LogP contribution < -0.4 is 5.56 Å². The number of hydrogen-bond donors (Lipinski definition) is 0. The van der Waals surface area contributed by atoms with Gasteiger partial charge in [0.25, 0.3) is 5.56 Å². The lowest BCUT2D eigenvalue weighted by molar-refractivity contribution is 0.514. The molecule has 6 nitrogen and oxygen atoms in total. The van der Waals surface area contributed by atoms with Gasteiger partial charge >= 0.3 is 0 Å². The number of aromatic nitrogens is 4. The van der Waals surface area contributed by atoms with E-state index < -0.39 is 0 Å². The van der Waals surface area contributed by atoms with Gasteiger partial charge in [-0.1, -0.05) is 35.5 Å². The van der Waals surface area contributed by atoms with Crippen LogP contribution in [0.25, 0.3) is 22.4 Å². The minimum Gasteiger partial charge on any atom is -0.420 e. The third kappa shape index (κ3) is 3.68. The molecule has 0 bridgehead atoms. The smallest absolute Gasteiger partial charge is 0.262 e. The highest BCUT2D eigenvalue weighted by Gasteiger charge is 2.16. The van der Waals surface area contributed by atoms with E-state index in [-0.39, 0.29) is 11.6 Å².